The molecule has 0 saturated heterocycles. The Balaban J connectivity index is 1.97. The molecule has 5 nitrogen and oxygen atoms in total. The first-order chi connectivity index (χ1) is 8.66. The van der Waals surface area contributed by atoms with Crippen LogP contribution in [0.5, 0.6) is 0 Å². The van der Waals surface area contributed by atoms with Gasteiger partial charge in [-0.1, -0.05) is 0 Å². The van der Waals surface area contributed by atoms with Gasteiger partial charge in [0.05, 0.1) is 17.4 Å². The first-order valence-electron chi connectivity index (χ1n) is 5.40. The predicted molar refractivity (Wildman–Crippen MR) is 72.1 cm³/mol. The van der Waals surface area contributed by atoms with Crippen molar-refractivity contribution in [2.45, 2.75) is 6.42 Å². The van der Waals surface area contributed by atoms with E-state index in [4.69, 9.17) is 10.8 Å². The number of thiophene rings is 1. The third-order valence-electron chi connectivity index (χ3n) is 2.47. The van der Waals surface area contributed by atoms with Crippen LogP contribution >= 0.6 is 11.3 Å². The van der Waals surface area contributed by atoms with E-state index in [0.29, 0.717) is 12.4 Å². The minimum absolute atomic E-state index is 0.0723. The highest BCUT2D eigenvalue weighted by atomic mass is 32.1. The number of nitrogens with one attached hydrogen (secondary N) is 1. The lowest BCUT2D eigenvalue weighted by Crippen LogP contribution is -2.09. The second-order valence-corrected chi connectivity index (χ2v) is 4.55. The van der Waals surface area contributed by atoms with Crippen LogP contribution in [0.15, 0.2) is 29.1 Å². The second-order valence-electron chi connectivity index (χ2n) is 3.77. The number of nitrogen functional groups attached to an aromatic ring is 1. The molecular formula is C12H13N3O2S. The number of nitrogens with zero attached hydrogens (tertiary/aromatic N) is 1. The maximum Gasteiger partial charge on any atom is 0.337 e. The second kappa shape index (κ2) is 5.50. The fourth-order valence-corrected chi connectivity index (χ4v) is 2.22. The molecule has 2 aromatic heterocycles. The van der Waals surface area contributed by atoms with Gasteiger partial charge in [-0.2, -0.15) is 11.3 Å². The van der Waals surface area contributed by atoms with E-state index in [1.165, 1.54) is 17.8 Å². The number of carbonyl (C=O) groups is 1. The molecule has 4 N–H and O–H groups in total. The molecule has 94 valence electrons. The average Bonchev–Trinajstić information content (AvgIpc) is 2.84. The van der Waals surface area contributed by atoms with Crippen LogP contribution in [-0.2, 0) is 6.42 Å². The van der Waals surface area contributed by atoms with Crippen molar-refractivity contribution in [1.29, 1.82) is 0 Å². The molecule has 0 fully saturated rings. The largest absolute Gasteiger partial charge is 0.478 e. The Morgan fingerprint density at radius 1 is 1.56 bits per heavy atom. The van der Waals surface area contributed by atoms with Crippen LogP contribution in [0.2, 0.25) is 0 Å². The number of pyridine rings is 1. The van der Waals surface area contributed by atoms with Gasteiger partial charge in [0, 0.05) is 6.54 Å². The van der Waals surface area contributed by atoms with E-state index in [0.717, 1.165) is 6.42 Å². The molecule has 2 aromatic rings. The van der Waals surface area contributed by atoms with Crippen LogP contribution in [0.3, 0.4) is 0 Å². The number of carboxylic acid groups (broad SMARTS) is 1. The maximum atomic E-state index is 10.9. The van der Waals surface area contributed by atoms with Gasteiger partial charge in [-0.3, -0.25) is 0 Å². The summed E-state index contributed by atoms with van der Waals surface area (Å²) in [6, 6.07) is 3.51. The van der Waals surface area contributed by atoms with Gasteiger partial charge in [-0.05, 0) is 34.9 Å². The molecular weight excluding hydrogens is 250 g/mol. The molecule has 2 rings (SSSR count). The van der Waals surface area contributed by atoms with Gasteiger partial charge < -0.3 is 16.2 Å². The number of anilines is 2. The van der Waals surface area contributed by atoms with E-state index in [-0.39, 0.29) is 11.3 Å². The molecule has 0 aliphatic carbocycles. The summed E-state index contributed by atoms with van der Waals surface area (Å²) in [5.41, 5.74) is 7.02. The van der Waals surface area contributed by atoms with E-state index in [9.17, 15) is 4.79 Å². The Morgan fingerprint density at radius 2 is 2.39 bits per heavy atom. The van der Waals surface area contributed by atoms with Crippen molar-refractivity contribution in [3.05, 3.63) is 40.2 Å². The zero-order valence-electron chi connectivity index (χ0n) is 9.59. The van der Waals surface area contributed by atoms with Crippen LogP contribution < -0.4 is 11.1 Å². The molecule has 0 aliphatic heterocycles. The number of hydrogen-bond donors (Lipinski definition) is 3. The van der Waals surface area contributed by atoms with Crippen molar-refractivity contribution in [1.82, 2.24) is 4.98 Å². The molecule has 0 unspecified atom stereocenters. The van der Waals surface area contributed by atoms with Gasteiger partial charge in [0.15, 0.2) is 0 Å². The van der Waals surface area contributed by atoms with Gasteiger partial charge in [0.2, 0.25) is 0 Å². The zero-order chi connectivity index (χ0) is 13.0. The molecule has 0 bridgehead atoms. The number of hydrogen-bond acceptors (Lipinski definition) is 5. The zero-order valence-corrected chi connectivity index (χ0v) is 10.4. The third kappa shape index (κ3) is 2.98. The van der Waals surface area contributed by atoms with Gasteiger partial charge in [-0.15, -0.1) is 0 Å². The van der Waals surface area contributed by atoms with Crippen molar-refractivity contribution >= 4 is 28.8 Å². The molecule has 0 amide bonds. The fraction of sp³-hybridized carbons (Fsp3) is 0.167. The van der Waals surface area contributed by atoms with Crippen LogP contribution in [0.4, 0.5) is 11.5 Å². The Kier molecular flexibility index (Phi) is 3.78. The normalized spacial score (nSPS) is 10.2. The number of rotatable bonds is 5. The summed E-state index contributed by atoms with van der Waals surface area (Å²) in [6.07, 6.45) is 2.23. The van der Waals surface area contributed by atoms with E-state index in [1.54, 1.807) is 11.3 Å². The summed E-state index contributed by atoms with van der Waals surface area (Å²) < 4.78 is 0. The Labute approximate surface area is 108 Å². The molecule has 0 spiro atoms. The molecule has 18 heavy (non-hydrogen) atoms. The molecule has 0 atom stereocenters. The summed E-state index contributed by atoms with van der Waals surface area (Å²) in [7, 11) is 0. The highest BCUT2D eigenvalue weighted by Gasteiger charge is 2.09. The Morgan fingerprint density at radius 3 is 3.06 bits per heavy atom. The quantitative estimate of drug-likeness (QED) is 0.768. The van der Waals surface area contributed by atoms with Crippen LogP contribution in [-0.4, -0.2) is 22.6 Å². The SMILES string of the molecule is Nc1cnc(NCCc2ccsc2)cc1C(=O)O. The standard InChI is InChI=1S/C12H13N3O2S/c13-10-6-15-11(5-9(10)12(16)17)14-3-1-8-2-4-18-7-8/h2,4-7H,1,3,13H2,(H,14,15)(H,16,17). The van der Waals surface area contributed by atoms with Crippen LogP contribution in [0.1, 0.15) is 15.9 Å². The monoisotopic (exact) mass is 263 g/mol. The lowest BCUT2D eigenvalue weighted by atomic mass is 10.2. The van der Waals surface area contributed by atoms with Gasteiger partial charge in [-0.25, -0.2) is 9.78 Å². The number of carboxylic acids is 1. The van der Waals surface area contributed by atoms with Crippen molar-refractivity contribution in [2.75, 3.05) is 17.6 Å². The number of aromatic nitrogens is 1. The summed E-state index contributed by atoms with van der Waals surface area (Å²) in [6.45, 7) is 0.701. The lowest BCUT2D eigenvalue weighted by molar-refractivity contribution is 0.0698. The van der Waals surface area contributed by atoms with E-state index in [2.05, 4.69) is 21.7 Å². The first kappa shape index (κ1) is 12.4. The third-order valence-corrected chi connectivity index (χ3v) is 3.20. The maximum absolute atomic E-state index is 10.9. The summed E-state index contributed by atoms with van der Waals surface area (Å²) in [4.78, 5) is 14.9. The lowest BCUT2D eigenvalue weighted by Gasteiger charge is -2.07. The molecule has 0 radical (unpaired) electrons. The van der Waals surface area contributed by atoms with Crippen molar-refractivity contribution in [3.8, 4) is 0 Å². The first-order valence-corrected chi connectivity index (χ1v) is 6.35. The van der Waals surface area contributed by atoms with Crippen LogP contribution in [0.25, 0.3) is 0 Å². The molecule has 6 heteroatoms. The van der Waals surface area contributed by atoms with Crippen LogP contribution in [0, 0.1) is 0 Å². The number of nitrogens with two attached hydrogens (primary N) is 1. The fourth-order valence-electron chi connectivity index (χ4n) is 1.52. The minimum Gasteiger partial charge on any atom is -0.478 e. The van der Waals surface area contributed by atoms with Gasteiger partial charge in [0.1, 0.15) is 5.82 Å². The number of aromatic carboxylic acids is 1. The molecule has 2 heterocycles. The van der Waals surface area contributed by atoms with E-state index in [1.807, 2.05) is 5.38 Å². The molecule has 0 saturated carbocycles. The average molecular weight is 263 g/mol. The van der Waals surface area contributed by atoms with Crippen molar-refractivity contribution in [3.63, 3.8) is 0 Å². The van der Waals surface area contributed by atoms with Gasteiger partial charge in [0.25, 0.3) is 0 Å². The smallest absolute Gasteiger partial charge is 0.337 e. The topological polar surface area (TPSA) is 88.2 Å². The minimum atomic E-state index is -1.05. The summed E-state index contributed by atoms with van der Waals surface area (Å²) >= 11 is 1.66. The highest BCUT2D eigenvalue weighted by molar-refractivity contribution is 7.07. The van der Waals surface area contributed by atoms with E-state index >= 15 is 0 Å². The Hall–Kier alpha value is -2.08. The summed E-state index contributed by atoms with van der Waals surface area (Å²) in [5.74, 6) is -0.521. The molecule has 0 aromatic carbocycles. The molecule has 0 aliphatic rings. The Bertz CT molecular complexity index is 540. The highest BCUT2D eigenvalue weighted by Crippen LogP contribution is 2.15. The van der Waals surface area contributed by atoms with Gasteiger partial charge >= 0.3 is 5.97 Å². The van der Waals surface area contributed by atoms with Crippen molar-refractivity contribution < 1.29 is 9.90 Å². The summed E-state index contributed by atoms with van der Waals surface area (Å²) in [5, 5.41) is 16.1. The van der Waals surface area contributed by atoms with Crippen molar-refractivity contribution in [2.24, 2.45) is 0 Å². The predicted octanol–water partition coefficient (Wildman–Crippen LogP) is 2.08. The van der Waals surface area contributed by atoms with E-state index < -0.39 is 5.97 Å².